The summed E-state index contributed by atoms with van der Waals surface area (Å²) in [5, 5.41) is 2.95. The molecule has 0 spiro atoms. The van der Waals surface area contributed by atoms with Crippen molar-refractivity contribution in [3.05, 3.63) is 18.0 Å². The molecule has 3 rings (SSSR count). The molecule has 6 heteroatoms. The number of carbonyl (C=O) groups excluding carboxylic acids is 1. The molecule has 0 saturated heterocycles. The fraction of sp³-hybridized carbons (Fsp3) is 0.588. The van der Waals surface area contributed by atoms with E-state index in [1.165, 1.54) is 19.3 Å². The molecule has 1 amide bonds. The van der Waals surface area contributed by atoms with E-state index in [0.29, 0.717) is 22.6 Å². The molecule has 2 heterocycles. The molecule has 0 aromatic carbocycles. The molecule has 124 valence electrons. The summed E-state index contributed by atoms with van der Waals surface area (Å²) in [7, 11) is 0. The molecule has 0 unspecified atom stereocenters. The number of rotatable bonds is 3. The van der Waals surface area contributed by atoms with Crippen molar-refractivity contribution in [2.24, 2.45) is 0 Å². The van der Waals surface area contributed by atoms with Gasteiger partial charge in [0.1, 0.15) is 11.6 Å². The molecule has 0 radical (unpaired) electrons. The van der Waals surface area contributed by atoms with Crippen LogP contribution in [0.2, 0.25) is 0 Å². The SMILES string of the molecule is CC(C)(C)NC(=O)c1c[nH]c2ncc(OC3CCCCC3)nc12. The lowest BCUT2D eigenvalue weighted by Crippen LogP contribution is -2.40. The van der Waals surface area contributed by atoms with Crippen molar-refractivity contribution in [2.75, 3.05) is 0 Å². The van der Waals surface area contributed by atoms with Crippen molar-refractivity contribution >= 4 is 17.1 Å². The van der Waals surface area contributed by atoms with Crippen LogP contribution in [0.5, 0.6) is 5.88 Å². The van der Waals surface area contributed by atoms with Crippen molar-refractivity contribution in [3.63, 3.8) is 0 Å². The van der Waals surface area contributed by atoms with Crippen LogP contribution in [0.15, 0.2) is 12.4 Å². The van der Waals surface area contributed by atoms with Crippen LogP contribution in [0.25, 0.3) is 11.2 Å². The molecular weight excluding hydrogens is 292 g/mol. The normalized spacial score (nSPS) is 16.5. The van der Waals surface area contributed by atoms with Crippen molar-refractivity contribution < 1.29 is 9.53 Å². The van der Waals surface area contributed by atoms with Gasteiger partial charge in [-0.05, 0) is 46.5 Å². The van der Waals surface area contributed by atoms with Gasteiger partial charge in [-0.1, -0.05) is 6.42 Å². The van der Waals surface area contributed by atoms with Gasteiger partial charge in [0.25, 0.3) is 5.91 Å². The van der Waals surface area contributed by atoms with Gasteiger partial charge in [-0.3, -0.25) is 4.79 Å². The second-order valence-electron chi connectivity index (χ2n) is 7.19. The maximum absolute atomic E-state index is 12.4. The van der Waals surface area contributed by atoms with Gasteiger partial charge in [0.15, 0.2) is 5.65 Å². The molecule has 0 aliphatic heterocycles. The van der Waals surface area contributed by atoms with Crippen molar-refractivity contribution in [1.82, 2.24) is 20.3 Å². The number of hydrogen-bond acceptors (Lipinski definition) is 4. The Labute approximate surface area is 136 Å². The van der Waals surface area contributed by atoms with Crippen LogP contribution in [0.4, 0.5) is 0 Å². The zero-order valence-electron chi connectivity index (χ0n) is 14.0. The first kappa shape index (κ1) is 15.8. The third-order valence-electron chi connectivity index (χ3n) is 3.93. The van der Waals surface area contributed by atoms with Gasteiger partial charge in [0.05, 0.1) is 11.8 Å². The summed E-state index contributed by atoms with van der Waals surface area (Å²) in [6.45, 7) is 5.84. The van der Waals surface area contributed by atoms with Crippen LogP contribution in [0, 0.1) is 0 Å². The first-order valence-electron chi connectivity index (χ1n) is 8.26. The number of amides is 1. The molecule has 1 fully saturated rings. The van der Waals surface area contributed by atoms with E-state index in [2.05, 4.69) is 20.3 Å². The number of fused-ring (bicyclic) bond motifs is 1. The summed E-state index contributed by atoms with van der Waals surface area (Å²) in [5.74, 6) is 0.335. The number of carbonyl (C=O) groups is 1. The molecule has 2 aromatic rings. The van der Waals surface area contributed by atoms with Crippen LogP contribution in [-0.2, 0) is 0 Å². The quantitative estimate of drug-likeness (QED) is 0.911. The Balaban J connectivity index is 1.83. The van der Waals surface area contributed by atoms with E-state index >= 15 is 0 Å². The molecule has 1 aliphatic carbocycles. The van der Waals surface area contributed by atoms with E-state index in [1.54, 1.807) is 12.4 Å². The van der Waals surface area contributed by atoms with Crippen LogP contribution in [-0.4, -0.2) is 32.5 Å². The minimum absolute atomic E-state index is 0.159. The average Bonchev–Trinajstić information content (AvgIpc) is 2.90. The maximum Gasteiger partial charge on any atom is 0.255 e. The smallest absolute Gasteiger partial charge is 0.255 e. The number of nitrogens with one attached hydrogen (secondary N) is 2. The van der Waals surface area contributed by atoms with Crippen LogP contribution in [0.3, 0.4) is 0 Å². The third-order valence-corrected chi connectivity index (χ3v) is 3.93. The Hall–Kier alpha value is -2.11. The number of aromatic amines is 1. The fourth-order valence-electron chi connectivity index (χ4n) is 2.87. The lowest BCUT2D eigenvalue weighted by Gasteiger charge is -2.22. The van der Waals surface area contributed by atoms with Gasteiger partial charge in [0.2, 0.25) is 5.88 Å². The average molecular weight is 316 g/mol. The Morgan fingerprint density at radius 3 is 2.74 bits per heavy atom. The Morgan fingerprint density at radius 1 is 1.30 bits per heavy atom. The Kier molecular flexibility index (Phi) is 4.24. The second kappa shape index (κ2) is 6.18. The third kappa shape index (κ3) is 3.81. The minimum atomic E-state index is -0.301. The molecular formula is C17H24N4O2. The minimum Gasteiger partial charge on any atom is -0.473 e. The van der Waals surface area contributed by atoms with Gasteiger partial charge in [-0.2, -0.15) is 0 Å². The number of hydrogen-bond donors (Lipinski definition) is 2. The van der Waals surface area contributed by atoms with Gasteiger partial charge in [-0.25, -0.2) is 9.97 Å². The first-order chi connectivity index (χ1) is 10.9. The van der Waals surface area contributed by atoms with Crippen molar-refractivity contribution in [1.29, 1.82) is 0 Å². The van der Waals surface area contributed by atoms with Crippen molar-refractivity contribution in [3.8, 4) is 5.88 Å². The van der Waals surface area contributed by atoms with Crippen LogP contribution >= 0.6 is 0 Å². The zero-order chi connectivity index (χ0) is 16.4. The molecule has 2 aromatic heterocycles. The highest BCUT2D eigenvalue weighted by atomic mass is 16.5. The zero-order valence-corrected chi connectivity index (χ0v) is 14.0. The van der Waals surface area contributed by atoms with Gasteiger partial charge >= 0.3 is 0 Å². The van der Waals surface area contributed by atoms with Gasteiger partial charge in [-0.15, -0.1) is 0 Å². The molecule has 0 bridgehead atoms. The lowest BCUT2D eigenvalue weighted by atomic mass is 9.98. The van der Waals surface area contributed by atoms with E-state index in [1.807, 2.05) is 20.8 Å². The standard InChI is InChI=1S/C17H24N4O2/c1-17(2,3)21-16(22)12-9-18-15-14(12)20-13(10-19-15)23-11-7-5-4-6-8-11/h9-11H,4-8H2,1-3H3,(H,18,19)(H,21,22). The molecule has 2 N–H and O–H groups in total. The highest BCUT2D eigenvalue weighted by Gasteiger charge is 2.21. The topological polar surface area (TPSA) is 79.9 Å². The highest BCUT2D eigenvalue weighted by Crippen LogP contribution is 2.24. The highest BCUT2D eigenvalue weighted by molar-refractivity contribution is 6.04. The van der Waals surface area contributed by atoms with Gasteiger partial charge in [0, 0.05) is 11.7 Å². The van der Waals surface area contributed by atoms with Crippen molar-refractivity contribution in [2.45, 2.75) is 64.5 Å². The predicted molar refractivity (Wildman–Crippen MR) is 88.6 cm³/mol. The van der Waals surface area contributed by atoms with E-state index in [9.17, 15) is 4.79 Å². The van der Waals surface area contributed by atoms with Gasteiger partial charge < -0.3 is 15.0 Å². The monoisotopic (exact) mass is 316 g/mol. The predicted octanol–water partition coefficient (Wildman–Crippen LogP) is 3.20. The number of nitrogens with zero attached hydrogens (tertiary/aromatic N) is 2. The molecule has 1 saturated carbocycles. The number of H-pyrrole nitrogens is 1. The molecule has 23 heavy (non-hydrogen) atoms. The van der Waals surface area contributed by atoms with E-state index in [-0.39, 0.29) is 17.6 Å². The molecule has 1 aliphatic rings. The van der Waals surface area contributed by atoms with E-state index in [0.717, 1.165) is 12.8 Å². The lowest BCUT2D eigenvalue weighted by molar-refractivity contribution is 0.0921. The van der Waals surface area contributed by atoms with E-state index in [4.69, 9.17) is 4.74 Å². The van der Waals surface area contributed by atoms with E-state index < -0.39 is 0 Å². The fourth-order valence-corrected chi connectivity index (χ4v) is 2.87. The molecule has 6 nitrogen and oxygen atoms in total. The molecule has 0 atom stereocenters. The summed E-state index contributed by atoms with van der Waals surface area (Å²) in [5.41, 5.74) is 1.35. The number of ether oxygens (including phenoxy) is 1. The summed E-state index contributed by atoms with van der Waals surface area (Å²) >= 11 is 0. The van der Waals surface area contributed by atoms with Crippen LogP contribution in [0.1, 0.15) is 63.2 Å². The Morgan fingerprint density at radius 2 is 2.04 bits per heavy atom. The van der Waals surface area contributed by atoms with Crippen LogP contribution < -0.4 is 10.1 Å². The summed E-state index contributed by atoms with van der Waals surface area (Å²) in [6, 6.07) is 0. The largest absolute Gasteiger partial charge is 0.473 e. The summed E-state index contributed by atoms with van der Waals surface area (Å²) in [4.78, 5) is 24.2. The number of aromatic nitrogens is 3. The Bertz CT molecular complexity index is 696. The summed E-state index contributed by atoms with van der Waals surface area (Å²) < 4.78 is 5.95. The maximum atomic E-state index is 12.4. The first-order valence-corrected chi connectivity index (χ1v) is 8.26. The second-order valence-corrected chi connectivity index (χ2v) is 7.19. The summed E-state index contributed by atoms with van der Waals surface area (Å²) in [6.07, 6.45) is 9.28.